The van der Waals surface area contributed by atoms with Crippen molar-refractivity contribution >= 4 is 23.2 Å². The van der Waals surface area contributed by atoms with Gasteiger partial charge in [0.1, 0.15) is 0 Å². The first kappa shape index (κ1) is 19.2. The van der Waals surface area contributed by atoms with Crippen LogP contribution in [0.3, 0.4) is 0 Å². The highest BCUT2D eigenvalue weighted by molar-refractivity contribution is 7.12. The van der Waals surface area contributed by atoms with Gasteiger partial charge in [-0.05, 0) is 48.9 Å². The predicted molar refractivity (Wildman–Crippen MR) is 112 cm³/mol. The van der Waals surface area contributed by atoms with Crippen molar-refractivity contribution in [3.8, 4) is 0 Å². The van der Waals surface area contributed by atoms with E-state index in [4.69, 9.17) is 0 Å². The summed E-state index contributed by atoms with van der Waals surface area (Å²) in [6.07, 6.45) is 3.41. The van der Waals surface area contributed by atoms with Crippen LogP contribution in [-0.4, -0.2) is 66.3 Å². The molecule has 4 rings (SSSR count). The minimum absolute atomic E-state index is 0.0815. The monoisotopic (exact) mass is 397 g/mol. The largest absolute Gasteiger partial charge is 0.338 e. The number of hydrogen-bond donors (Lipinski definition) is 0. The summed E-state index contributed by atoms with van der Waals surface area (Å²) in [6, 6.07) is 12.7. The summed E-state index contributed by atoms with van der Waals surface area (Å²) in [5.74, 6) is 0.242. The molecule has 6 heteroatoms. The summed E-state index contributed by atoms with van der Waals surface area (Å²) < 4.78 is 0. The normalized spacial score (nSPS) is 19.6. The van der Waals surface area contributed by atoms with Crippen molar-refractivity contribution in [2.75, 3.05) is 39.8 Å². The first-order chi connectivity index (χ1) is 13.6. The number of carbonyl (C=O) groups is 2. The first-order valence-corrected chi connectivity index (χ1v) is 10.9. The molecule has 0 bridgehead atoms. The van der Waals surface area contributed by atoms with Gasteiger partial charge in [-0.2, -0.15) is 0 Å². The Bertz CT molecular complexity index is 828. The Labute approximate surface area is 170 Å². The van der Waals surface area contributed by atoms with Gasteiger partial charge in [-0.1, -0.05) is 30.3 Å². The molecule has 2 aliphatic rings. The van der Waals surface area contributed by atoms with Crippen LogP contribution in [0.15, 0.2) is 41.8 Å². The Balaban J connectivity index is 1.32. The number of likely N-dealkylation sites (N-methyl/N-ethyl adjacent to an activating group) is 1. The molecule has 0 radical (unpaired) electrons. The fourth-order valence-electron chi connectivity index (χ4n) is 4.32. The number of benzene rings is 1. The Kier molecular flexibility index (Phi) is 5.78. The van der Waals surface area contributed by atoms with E-state index in [-0.39, 0.29) is 11.8 Å². The lowest BCUT2D eigenvalue weighted by Gasteiger charge is -2.37. The maximum Gasteiger partial charge on any atom is 0.264 e. The van der Waals surface area contributed by atoms with Gasteiger partial charge in [-0.3, -0.25) is 14.5 Å². The fraction of sp³-hybridized carbons (Fsp3) is 0.455. The lowest BCUT2D eigenvalue weighted by atomic mass is 9.87. The zero-order valence-electron chi connectivity index (χ0n) is 16.3. The fourth-order valence-corrected chi connectivity index (χ4v) is 5.02. The maximum atomic E-state index is 12.9. The van der Waals surface area contributed by atoms with Crippen LogP contribution in [0.4, 0.5) is 0 Å². The van der Waals surface area contributed by atoms with Crippen LogP contribution in [0, 0.1) is 0 Å². The summed E-state index contributed by atoms with van der Waals surface area (Å²) in [4.78, 5) is 32.0. The molecule has 5 nitrogen and oxygen atoms in total. The number of carbonyl (C=O) groups excluding carboxylic acids is 2. The Hall–Kier alpha value is -2.18. The van der Waals surface area contributed by atoms with Crippen molar-refractivity contribution < 1.29 is 9.59 Å². The number of piperazine rings is 1. The highest BCUT2D eigenvalue weighted by Crippen LogP contribution is 2.33. The molecule has 2 amide bonds. The SMILES string of the molecule is CN(CC(=O)N1CCN(C(=O)c2cccs2)CC1)[C@H]1CCCc2ccccc21. The molecule has 2 aromatic rings. The smallest absolute Gasteiger partial charge is 0.264 e. The molecule has 148 valence electrons. The van der Waals surface area contributed by atoms with Crippen molar-refractivity contribution in [1.29, 1.82) is 0 Å². The average Bonchev–Trinajstić information content (AvgIpc) is 3.27. The summed E-state index contributed by atoms with van der Waals surface area (Å²) in [6.45, 7) is 2.88. The molecule has 0 spiro atoms. The van der Waals surface area contributed by atoms with Gasteiger partial charge >= 0.3 is 0 Å². The van der Waals surface area contributed by atoms with E-state index in [0.717, 1.165) is 17.7 Å². The van der Waals surface area contributed by atoms with Crippen molar-refractivity contribution in [2.24, 2.45) is 0 Å². The number of aryl methyl sites for hydroxylation is 1. The second-order valence-corrected chi connectivity index (χ2v) is 8.62. The summed E-state index contributed by atoms with van der Waals surface area (Å²) in [7, 11) is 2.06. The molecule has 0 unspecified atom stereocenters. The molecular formula is C22H27N3O2S. The topological polar surface area (TPSA) is 43.9 Å². The number of nitrogens with zero attached hydrogens (tertiary/aromatic N) is 3. The average molecular weight is 398 g/mol. The third-order valence-corrected chi connectivity index (χ3v) is 6.76. The van der Waals surface area contributed by atoms with E-state index in [1.807, 2.05) is 27.3 Å². The standard InChI is InChI=1S/C22H27N3O2S/c1-23(19-9-4-7-17-6-2-3-8-18(17)19)16-21(26)24-11-13-25(14-12-24)22(27)20-10-5-15-28-20/h2-3,5-6,8,10,15,19H,4,7,9,11-14,16H2,1H3/t19-/m0/s1. The molecule has 1 saturated heterocycles. The van der Waals surface area contributed by atoms with E-state index in [2.05, 4.69) is 36.2 Å². The van der Waals surface area contributed by atoms with Crippen LogP contribution < -0.4 is 0 Å². The molecule has 1 fully saturated rings. The molecular weight excluding hydrogens is 370 g/mol. The molecule has 2 heterocycles. The van der Waals surface area contributed by atoms with Crippen molar-refractivity contribution in [2.45, 2.75) is 25.3 Å². The van der Waals surface area contributed by atoms with Gasteiger partial charge in [-0.15, -0.1) is 11.3 Å². The second kappa shape index (κ2) is 8.45. The van der Waals surface area contributed by atoms with E-state index in [1.54, 1.807) is 0 Å². The quantitative estimate of drug-likeness (QED) is 0.797. The zero-order chi connectivity index (χ0) is 19.5. The number of hydrogen-bond acceptors (Lipinski definition) is 4. The van der Waals surface area contributed by atoms with Gasteiger partial charge < -0.3 is 9.80 Å². The van der Waals surface area contributed by atoms with Crippen LogP contribution in [0.2, 0.25) is 0 Å². The summed E-state index contributed by atoms with van der Waals surface area (Å²) in [5, 5.41) is 1.92. The third-order valence-electron chi connectivity index (χ3n) is 5.91. The molecule has 1 atom stereocenters. The van der Waals surface area contributed by atoms with Gasteiger partial charge in [0.25, 0.3) is 5.91 Å². The summed E-state index contributed by atoms with van der Waals surface area (Å²) >= 11 is 1.47. The lowest BCUT2D eigenvalue weighted by molar-refractivity contribution is -0.134. The Morgan fingerprint density at radius 2 is 1.82 bits per heavy atom. The van der Waals surface area contributed by atoms with E-state index < -0.39 is 0 Å². The minimum atomic E-state index is 0.0815. The zero-order valence-corrected chi connectivity index (χ0v) is 17.2. The highest BCUT2D eigenvalue weighted by Gasteiger charge is 2.28. The van der Waals surface area contributed by atoms with E-state index in [9.17, 15) is 9.59 Å². The van der Waals surface area contributed by atoms with Crippen LogP contribution in [-0.2, 0) is 11.2 Å². The van der Waals surface area contributed by atoms with E-state index in [0.29, 0.717) is 38.8 Å². The predicted octanol–water partition coefficient (Wildman–Crippen LogP) is 3.04. The highest BCUT2D eigenvalue weighted by atomic mass is 32.1. The van der Waals surface area contributed by atoms with Crippen LogP contribution >= 0.6 is 11.3 Å². The lowest BCUT2D eigenvalue weighted by Crippen LogP contribution is -2.52. The van der Waals surface area contributed by atoms with E-state index in [1.165, 1.54) is 28.9 Å². The molecule has 1 aliphatic heterocycles. The van der Waals surface area contributed by atoms with E-state index >= 15 is 0 Å². The van der Waals surface area contributed by atoms with Gasteiger partial charge in [0, 0.05) is 32.2 Å². The molecule has 1 aromatic heterocycles. The Morgan fingerprint density at radius 3 is 2.57 bits per heavy atom. The molecule has 0 saturated carbocycles. The number of amides is 2. The number of fused-ring (bicyclic) bond motifs is 1. The van der Waals surface area contributed by atoms with Crippen LogP contribution in [0.1, 0.15) is 39.7 Å². The maximum absolute atomic E-state index is 12.9. The second-order valence-electron chi connectivity index (χ2n) is 7.67. The van der Waals surface area contributed by atoms with Gasteiger partial charge in [0.2, 0.25) is 5.91 Å². The van der Waals surface area contributed by atoms with Gasteiger partial charge in [0.05, 0.1) is 11.4 Å². The van der Waals surface area contributed by atoms with Gasteiger partial charge in [0.15, 0.2) is 0 Å². The van der Waals surface area contributed by atoms with Crippen molar-refractivity contribution in [3.63, 3.8) is 0 Å². The molecule has 0 N–H and O–H groups in total. The van der Waals surface area contributed by atoms with Crippen molar-refractivity contribution in [1.82, 2.24) is 14.7 Å². The van der Waals surface area contributed by atoms with Crippen LogP contribution in [0.5, 0.6) is 0 Å². The third kappa shape index (κ3) is 3.98. The molecule has 1 aromatic carbocycles. The minimum Gasteiger partial charge on any atom is -0.338 e. The van der Waals surface area contributed by atoms with Gasteiger partial charge in [-0.25, -0.2) is 0 Å². The Morgan fingerprint density at radius 1 is 1.07 bits per heavy atom. The first-order valence-electron chi connectivity index (χ1n) is 10.0. The number of rotatable bonds is 4. The molecule has 28 heavy (non-hydrogen) atoms. The molecule has 1 aliphatic carbocycles. The van der Waals surface area contributed by atoms with Crippen molar-refractivity contribution in [3.05, 3.63) is 57.8 Å². The number of thiophene rings is 1. The summed E-state index contributed by atoms with van der Waals surface area (Å²) in [5.41, 5.74) is 2.79. The van der Waals surface area contributed by atoms with Crippen LogP contribution in [0.25, 0.3) is 0 Å².